The highest BCUT2D eigenvalue weighted by Crippen LogP contribution is 2.31. The van der Waals surface area contributed by atoms with Crippen LogP contribution in [0.5, 0.6) is 11.5 Å². The molecule has 4 heteroatoms. The lowest BCUT2D eigenvalue weighted by Gasteiger charge is -2.12. The van der Waals surface area contributed by atoms with Gasteiger partial charge in [0.2, 0.25) is 0 Å². The Morgan fingerprint density at radius 1 is 1.10 bits per heavy atom. The van der Waals surface area contributed by atoms with Crippen LogP contribution in [0, 0.1) is 0 Å². The zero-order chi connectivity index (χ0) is 15.2. The number of hydrogen-bond donors (Lipinski definition) is 0. The van der Waals surface area contributed by atoms with E-state index in [1.165, 1.54) is 19.3 Å². The van der Waals surface area contributed by atoms with Crippen molar-refractivity contribution in [1.29, 1.82) is 0 Å². The lowest BCUT2D eigenvalue weighted by Crippen LogP contribution is -2.01. The van der Waals surface area contributed by atoms with Crippen LogP contribution in [-0.4, -0.2) is 24.2 Å². The SMILES string of the molecule is CCCCCC(C)c1ncc2cc(OC)c(OC)cc2n1. The Balaban J connectivity index is 2.28. The molecule has 114 valence electrons. The standard InChI is InChI=1S/C17H24N2O2/c1-5-6-7-8-12(2)17-18-11-13-9-15(20-3)16(21-4)10-14(13)19-17/h9-12H,5-8H2,1-4H3. The Morgan fingerprint density at radius 2 is 1.81 bits per heavy atom. The fourth-order valence-corrected chi connectivity index (χ4v) is 2.44. The number of ether oxygens (including phenoxy) is 2. The fourth-order valence-electron chi connectivity index (χ4n) is 2.44. The maximum atomic E-state index is 5.34. The smallest absolute Gasteiger partial charge is 0.162 e. The maximum absolute atomic E-state index is 5.34. The number of aromatic nitrogens is 2. The molecule has 1 heterocycles. The van der Waals surface area contributed by atoms with Gasteiger partial charge in [0.1, 0.15) is 5.82 Å². The molecule has 0 aliphatic rings. The van der Waals surface area contributed by atoms with Gasteiger partial charge in [0.15, 0.2) is 11.5 Å². The Morgan fingerprint density at radius 3 is 2.48 bits per heavy atom. The molecule has 2 aromatic rings. The van der Waals surface area contributed by atoms with Crippen LogP contribution in [0.15, 0.2) is 18.3 Å². The Hall–Kier alpha value is -1.84. The summed E-state index contributed by atoms with van der Waals surface area (Å²) in [7, 11) is 3.27. The summed E-state index contributed by atoms with van der Waals surface area (Å²) in [5, 5.41) is 0.970. The molecule has 2 rings (SSSR count). The van der Waals surface area contributed by atoms with Crippen molar-refractivity contribution in [3.63, 3.8) is 0 Å². The molecule has 0 bridgehead atoms. The average molecular weight is 288 g/mol. The molecule has 0 spiro atoms. The molecule has 21 heavy (non-hydrogen) atoms. The minimum Gasteiger partial charge on any atom is -0.493 e. The molecule has 0 fully saturated rings. The van der Waals surface area contributed by atoms with Gasteiger partial charge < -0.3 is 9.47 Å². The summed E-state index contributed by atoms with van der Waals surface area (Å²) in [5.41, 5.74) is 0.903. The van der Waals surface area contributed by atoms with Gasteiger partial charge >= 0.3 is 0 Å². The molecule has 1 aromatic heterocycles. The molecule has 0 saturated carbocycles. The van der Waals surface area contributed by atoms with Crippen LogP contribution in [0.3, 0.4) is 0 Å². The third-order valence-electron chi connectivity index (χ3n) is 3.79. The van der Waals surface area contributed by atoms with Gasteiger partial charge in [-0.15, -0.1) is 0 Å². The summed E-state index contributed by atoms with van der Waals surface area (Å²) < 4.78 is 10.6. The summed E-state index contributed by atoms with van der Waals surface area (Å²) in [5.74, 6) is 2.70. The van der Waals surface area contributed by atoms with E-state index in [0.717, 1.165) is 23.1 Å². The van der Waals surface area contributed by atoms with Crippen molar-refractivity contribution in [2.75, 3.05) is 14.2 Å². The largest absolute Gasteiger partial charge is 0.493 e. The van der Waals surface area contributed by atoms with E-state index in [1.807, 2.05) is 18.3 Å². The first kappa shape index (κ1) is 15.5. The quantitative estimate of drug-likeness (QED) is 0.711. The first-order valence-electron chi connectivity index (χ1n) is 7.58. The molecule has 0 aliphatic heterocycles. The van der Waals surface area contributed by atoms with Crippen molar-refractivity contribution < 1.29 is 9.47 Å². The lowest BCUT2D eigenvalue weighted by atomic mass is 10.0. The van der Waals surface area contributed by atoms with Gasteiger partial charge in [0.25, 0.3) is 0 Å². The average Bonchev–Trinajstić information content (AvgIpc) is 2.52. The molecule has 0 N–H and O–H groups in total. The molecule has 1 unspecified atom stereocenters. The second-order valence-corrected chi connectivity index (χ2v) is 5.39. The molecule has 0 radical (unpaired) electrons. The number of fused-ring (bicyclic) bond motifs is 1. The maximum Gasteiger partial charge on any atom is 0.162 e. The number of unbranched alkanes of at least 4 members (excludes halogenated alkanes) is 2. The minimum absolute atomic E-state index is 0.383. The molecular weight excluding hydrogens is 264 g/mol. The molecule has 1 atom stereocenters. The van der Waals surface area contributed by atoms with Crippen molar-refractivity contribution in [2.45, 2.75) is 45.4 Å². The van der Waals surface area contributed by atoms with Crippen LogP contribution in [0.1, 0.15) is 51.3 Å². The zero-order valence-corrected chi connectivity index (χ0v) is 13.3. The van der Waals surface area contributed by atoms with Crippen molar-refractivity contribution in [3.8, 4) is 11.5 Å². The van der Waals surface area contributed by atoms with E-state index in [1.54, 1.807) is 14.2 Å². The highest BCUT2D eigenvalue weighted by Gasteiger charge is 2.12. The molecule has 0 amide bonds. The predicted molar refractivity (Wildman–Crippen MR) is 85.2 cm³/mol. The topological polar surface area (TPSA) is 44.2 Å². The van der Waals surface area contributed by atoms with Gasteiger partial charge in [0.05, 0.1) is 19.7 Å². The van der Waals surface area contributed by atoms with Crippen LogP contribution < -0.4 is 9.47 Å². The van der Waals surface area contributed by atoms with Crippen LogP contribution in [-0.2, 0) is 0 Å². The minimum atomic E-state index is 0.383. The summed E-state index contributed by atoms with van der Waals surface area (Å²) in [6, 6.07) is 3.83. The van der Waals surface area contributed by atoms with Crippen LogP contribution >= 0.6 is 0 Å². The van der Waals surface area contributed by atoms with E-state index in [0.29, 0.717) is 17.4 Å². The van der Waals surface area contributed by atoms with Gasteiger partial charge in [0, 0.05) is 23.6 Å². The number of methoxy groups -OCH3 is 2. The van der Waals surface area contributed by atoms with E-state index in [4.69, 9.17) is 14.5 Å². The first-order chi connectivity index (χ1) is 10.2. The number of hydrogen-bond acceptors (Lipinski definition) is 4. The van der Waals surface area contributed by atoms with Crippen molar-refractivity contribution in [1.82, 2.24) is 9.97 Å². The Kier molecular flexibility index (Phi) is 5.37. The molecule has 1 aromatic carbocycles. The van der Waals surface area contributed by atoms with Crippen LogP contribution in [0.4, 0.5) is 0 Å². The van der Waals surface area contributed by atoms with Gasteiger partial charge in [-0.25, -0.2) is 9.97 Å². The lowest BCUT2D eigenvalue weighted by molar-refractivity contribution is 0.355. The Labute approximate surface area is 126 Å². The number of rotatable bonds is 7. The van der Waals surface area contributed by atoms with E-state index in [9.17, 15) is 0 Å². The van der Waals surface area contributed by atoms with Crippen molar-refractivity contribution in [2.24, 2.45) is 0 Å². The molecule has 0 saturated heterocycles. The number of nitrogens with zero attached hydrogens (tertiary/aromatic N) is 2. The summed E-state index contributed by atoms with van der Waals surface area (Å²) in [6.45, 7) is 4.41. The molecular formula is C17H24N2O2. The fraction of sp³-hybridized carbons (Fsp3) is 0.529. The van der Waals surface area contributed by atoms with Gasteiger partial charge in [-0.1, -0.05) is 33.1 Å². The van der Waals surface area contributed by atoms with E-state index in [-0.39, 0.29) is 0 Å². The summed E-state index contributed by atoms with van der Waals surface area (Å²) >= 11 is 0. The number of benzene rings is 1. The monoisotopic (exact) mass is 288 g/mol. The third kappa shape index (κ3) is 3.63. The van der Waals surface area contributed by atoms with E-state index in [2.05, 4.69) is 18.8 Å². The second kappa shape index (κ2) is 7.25. The first-order valence-corrected chi connectivity index (χ1v) is 7.58. The Bertz CT molecular complexity index is 599. The van der Waals surface area contributed by atoms with Gasteiger partial charge in [-0.05, 0) is 12.5 Å². The summed E-state index contributed by atoms with van der Waals surface area (Å²) in [4.78, 5) is 9.20. The molecule has 0 aliphatic carbocycles. The van der Waals surface area contributed by atoms with Gasteiger partial charge in [-0.2, -0.15) is 0 Å². The van der Waals surface area contributed by atoms with E-state index >= 15 is 0 Å². The highest BCUT2D eigenvalue weighted by atomic mass is 16.5. The van der Waals surface area contributed by atoms with Crippen LogP contribution in [0.2, 0.25) is 0 Å². The highest BCUT2D eigenvalue weighted by molar-refractivity contribution is 5.81. The molecule has 4 nitrogen and oxygen atoms in total. The van der Waals surface area contributed by atoms with Crippen LogP contribution in [0.25, 0.3) is 10.9 Å². The van der Waals surface area contributed by atoms with Crippen molar-refractivity contribution in [3.05, 3.63) is 24.2 Å². The van der Waals surface area contributed by atoms with Crippen molar-refractivity contribution >= 4 is 10.9 Å². The predicted octanol–water partition coefficient (Wildman–Crippen LogP) is 4.33. The van der Waals surface area contributed by atoms with E-state index < -0.39 is 0 Å². The normalized spacial score (nSPS) is 12.4. The van der Waals surface area contributed by atoms with Gasteiger partial charge in [-0.3, -0.25) is 0 Å². The summed E-state index contributed by atoms with van der Waals surface area (Å²) in [6.07, 6.45) is 6.73. The zero-order valence-electron chi connectivity index (χ0n) is 13.3. The second-order valence-electron chi connectivity index (χ2n) is 5.39. The third-order valence-corrected chi connectivity index (χ3v) is 3.79.